The van der Waals surface area contributed by atoms with E-state index in [1.165, 1.54) is 0 Å². The van der Waals surface area contributed by atoms with Crippen LogP contribution in [0.1, 0.15) is 17.4 Å². The molecule has 0 aliphatic rings. The summed E-state index contributed by atoms with van der Waals surface area (Å²) >= 11 is 4.62. The molecule has 0 saturated carbocycles. The van der Waals surface area contributed by atoms with Crippen molar-refractivity contribution >= 4 is 39.9 Å². The van der Waals surface area contributed by atoms with Crippen LogP contribution in [-0.4, -0.2) is 29.8 Å². The summed E-state index contributed by atoms with van der Waals surface area (Å²) in [4.78, 5) is 18.8. The molecule has 2 rings (SSSR count). The highest BCUT2D eigenvalue weighted by molar-refractivity contribution is 7.78. The summed E-state index contributed by atoms with van der Waals surface area (Å²) in [5.74, 6) is 0.199. The monoisotopic (exact) mass is 276 g/mol. The van der Waals surface area contributed by atoms with E-state index in [0.717, 1.165) is 10.9 Å². The molecule has 0 aliphatic heterocycles. The topological polar surface area (TPSA) is 63.7 Å². The highest BCUT2D eigenvalue weighted by atomic mass is 32.1. The van der Waals surface area contributed by atoms with Crippen molar-refractivity contribution in [3.8, 4) is 5.75 Å². The number of aromatic amines is 1. The van der Waals surface area contributed by atoms with E-state index in [1.54, 1.807) is 32.2 Å². The number of carbonyl (C=O) groups excluding carboxylic acids is 1. The summed E-state index contributed by atoms with van der Waals surface area (Å²) < 4.78 is 10.1. The lowest BCUT2D eigenvalue weighted by atomic mass is 10.2. The predicted octanol–water partition coefficient (Wildman–Crippen LogP) is 3.09. The number of rotatable bonds is 4. The number of aromatic nitrogens is 1. The van der Waals surface area contributed by atoms with Gasteiger partial charge in [0.15, 0.2) is 5.69 Å². The molecule has 0 amide bonds. The molecule has 1 N–H and O–H groups in total. The molecule has 1 heterocycles. The van der Waals surface area contributed by atoms with Gasteiger partial charge >= 0.3 is 5.97 Å². The van der Waals surface area contributed by atoms with Crippen LogP contribution in [0.3, 0.4) is 0 Å². The molecule has 0 fully saturated rings. The Kier molecular flexibility index (Phi) is 3.94. The molecule has 0 atom stereocenters. The van der Waals surface area contributed by atoms with Gasteiger partial charge in [-0.15, -0.1) is 0 Å². The van der Waals surface area contributed by atoms with Crippen LogP contribution in [-0.2, 0) is 4.74 Å². The van der Waals surface area contributed by atoms with Crippen molar-refractivity contribution in [2.24, 2.45) is 4.99 Å². The number of benzene rings is 1. The molecule has 5 nitrogen and oxygen atoms in total. The Morgan fingerprint density at radius 3 is 2.95 bits per heavy atom. The van der Waals surface area contributed by atoms with Crippen LogP contribution in [0.4, 0.5) is 5.69 Å². The van der Waals surface area contributed by atoms with E-state index in [0.29, 0.717) is 11.4 Å². The van der Waals surface area contributed by atoms with Crippen LogP contribution in [0.5, 0.6) is 5.75 Å². The first-order valence-corrected chi connectivity index (χ1v) is 6.06. The highest BCUT2D eigenvalue weighted by Gasteiger charge is 2.18. The van der Waals surface area contributed by atoms with Crippen molar-refractivity contribution in [2.45, 2.75) is 6.92 Å². The zero-order valence-corrected chi connectivity index (χ0v) is 11.3. The third-order valence-corrected chi connectivity index (χ3v) is 2.71. The fourth-order valence-electron chi connectivity index (χ4n) is 1.80. The maximum absolute atomic E-state index is 11.9. The van der Waals surface area contributed by atoms with Crippen LogP contribution in [0.25, 0.3) is 10.9 Å². The maximum atomic E-state index is 11.9. The molecule has 6 heteroatoms. The zero-order chi connectivity index (χ0) is 13.8. The lowest BCUT2D eigenvalue weighted by Gasteiger charge is -2.00. The Labute approximate surface area is 115 Å². The number of hydrogen-bond donors (Lipinski definition) is 1. The predicted molar refractivity (Wildman–Crippen MR) is 75.5 cm³/mol. The average Bonchev–Trinajstić information content (AvgIpc) is 2.78. The molecule has 1 aromatic carbocycles. The van der Waals surface area contributed by atoms with Gasteiger partial charge in [0.05, 0.1) is 18.9 Å². The Hall–Kier alpha value is -2.17. The van der Waals surface area contributed by atoms with Crippen LogP contribution in [0.15, 0.2) is 23.2 Å². The van der Waals surface area contributed by atoms with E-state index in [4.69, 9.17) is 9.47 Å². The summed E-state index contributed by atoms with van der Waals surface area (Å²) in [5, 5.41) is 3.01. The number of isothiocyanates is 1. The molecular formula is C13H12N2O3S. The van der Waals surface area contributed by atoms with Gasteiger partial charge in [-0.2, -0.15) is 4.99 Å². The number of nitrogens with zero attached hydrogens (tertiary/aromatic N) is 1. The molecule has 0 bridgehead atoms. The molecular weight excluding hydrogens is 264 g/mol. The van der Waals surface area contributed by atoms with Gasteiger partial charge in [-0.05, 0) is 37.3 Å². The van der Waals surface area contributed by atoms with Gasteiger partial charge in [-0.3, -0.25) is 0 Å². The number of carbonyl (C=O) groups is 1. The summed E-state index contributed by atoms with van der Waals surface area (Å²) in [6.07, 6.45) is 0. The molecule has 0 saturated heterocycles. The van der Waals surface area contributed by atoms with Crippen molar-refractivity contribution in [3.05, 3.63) is 23.9 Å². The third-order valence-electron chi connectivity index (χ3n) is 2.62. The number of nitrogens with one attached hydrogen (secondary N) is 1. The normalized spacial score (nSPS) is 10.0. The van der Waals surface area contributed by atoms with Gasteiger partial charge in [-0.1, -0.05) is 0 Å². The van der Waals surface area contributed by atoms with Crippen molar-refractivity contribution in [3.63, 3.8) is 0 Å². The number of aliphatic imine (C=N–C) groups is 1. The molecule has 0 radical (unpaired) electrons. The average molecular weight is 276 g/mol. The summed E-state index contributed by atoms with van der Waals surface area (Å²) in [7, 11) is 1.57. The van der Waals surface area contributed by atoms with Crippen LogP contribution < -0.4 is 4.74 Å². The van der Waals surface area contributed by atoms with E-state index >= 15 is 0 Å². The van der Waals surface area contributed by atoms with Crippen molar-refractivity contribution in [2.75, 3.05) is 13.7 Å². The Morgan fingerprint density at radius 1 is 1.53 bits per heavy atom. The lowest BCUT2D eigenvalue weighted by Crippen LogP contribution is -2.05. The lowest BCUT2D eigenvalue weighted by molar-refractivity contribution is 0.0521. The standard InChI is InChI=1S/C13H12N2O3S/c1-3-18-13(16)12-11(14-7-19)9-6-8(17-2)4-5-10(9)15-12/h4-6,15H,3H2,1-2H3. The number of hydrogen-bond acceptors (Lipinski definition) is 5. The van der Waals surface area contributed by atoms with Crippen LogP contribution >= 0.6 is 12.2 Å². The minimum absolute atomic E-state index is 0.266. The number of methoxy groups -OCH3 is 1. The molecule has 0 aliphatic carbocycles. The highest BCUT2D eigenvalue weighted by Crippen LogP contribution is 2.33. The number of ether oxygens (including phenoxy) is 2. The first-order valence-electron chi connectivity index (χ1n) is 5.66. The van der Waals surface area contributed by atoms with Crippen LogP contribution in [0, 0.1) is 0 Å². The fraction of sp³-hybridized carbons (Fsp3) is 0.231. The van der Waals surface area contributed by atoms with Gasteiger partial charge in [-0.25, -0.2) is 4.79 Å². The Morgan fingerprint density at radius 2 is 2.32 bits per heavy atom. The van der Waals surface area contributed by atoms with Gasteiger partial charge in [0, 0.05) is 10.9 Å². The van der Waals surface area contributed by atoms with Gasteiger partial charge in [0.2, 0.25) is 0 Å². The minimum atomic E-state index is -0.471. The molecule has 0 unspecified atom stereocenters. The Bertz CT molecular complexity index is 672. The number of fused-ring (bicyclic) bond motifs is 1. The number of thiocarbonyl (C=S) groups is 1. The quantitative estimate of drug-likeness (QED) is 0.529. The van der Waals surface area contributed by atoms with Crippen molar-refractivity contribution in [1.82, 2.24) is 4.98 Å². The zero-order valence-electron chi connectivity index (χ0n) is 10.5. The van der Waals surface area contributed by atoms with E-state index in [1.807, 2.05) is 0 Å². The largest absolute Gasteiger partial charge is 0.497 e. The Balaban J connectivity index is 2.67. The molecule has 1 aromatic heterocycles. The molecule has 0 spiro atoms. The molecule has 19 heavy (non-hydrogen) atoms. The number of H-pyrrole nitrogens is 1. The smallest absolute Gasteiger partial charge is 0.357 e. The van der Waals surface area contributed by atoms with Gasteiger partial charge < -0.3 is 14.5 Å². The summed E-state index contributed by atoms with van der Waals surface area (Å²) in [6.45, 7) is 2.03. The first kappa shape index (κ1) is 13.3. The van der Waals surface area contributed by atoms with E-state index < -0.39 is 5.97 Å². The number of esters is 1. The minimum Gasteiger partial charge on any atom is -0.497 e. The van der Waals surface area contributed by atoms with E-state index in [-0.39, 0.29) is 12.3 Å². The summed E-state index contributed by atoms with van der Waals surface area (Å²) in [5.41, 5.74) is 1.44. The van der Waals surface area contributed by atoms with Crippen molar-refractivity contribution in [1.29, 1.82) is 0 Å². The van der Waals surface area contributed by atoms with Gasteiger partial charge in [0.1, 0.15) is 11.4 Å². The van der Waals surface area contributed by atoms with Crippen molar-refractivity contribution < 1.29 is 14.3 Å². The second-order valence-corrected chi connectivity index (χ2v) is 3.87. The van der Waals surface area contributed by atoms with Crippen LogP contribution in [0.2, 0.25) is 0 Å². The second-order valence-electron chi connectivity index (χ2n) is 3.68. The third kappa shape index (κ3) is 2.50. The van der Waals surface area contributed by atoms with E-state index in [2.05, 4.69) is 27.4 Å². The van der Waals surface area contributed by atoms with Gasteiger partial charge in [0.25, 0.3) is 0 Å². The SMILES string of the molecule is CCOC(=O)c1[nH]c2ccc(OC)cc2c1N=C=S. The van der Waals surface area contributed by atoms with E-state index in [9.17, 15) is 4.79 Å². The second kappa shape index (κ2) is 5.65. The molecule has 2 aromatic rings. The molecule has 98 valence electrons. The fourth-order valence-corrected chi connectivity index (χ4v) is 1.89. The maximum Gasteiger partial charge on any atom is 0.357 e. The summed E-state index contributed by atoms with van der Waals surface area (Å²) in [6, 6.07) is 5.37. The first-order chi connectivity index (χ1) is 9.21.